The van der Waals surface area contributed by atoms with E-state index in [0.29, 0.717) is 17.2 Å². The van der Waals surface area contributed by atoms with E-state index in [9.17, 15) is 14.4 Å². The molecule has 2 amide bonds. The average molecular weight is 382 g/mol. The number of benzene rings is 2. The van der Waals surface area contributed by atoms with Gasteiger partial charge in [-0.2, -0.15) is 0 Å². The van der Waals surface area contributed by atoms with E-state index in [-0.39, 0.29) is 12.5 Å². The zero-order valence-electron chi connectivity index (χ0n) is 16.7. The average Bonchev–Trinajstić information content (AvgIpc) is 2.67. The second-order valence-corrected chi connectivity index (χ2v) is 6.97. The quantitative estimate of drug-likeness (QED) is 0.720. The first-order valence-electron chi connectivity index (χ1n) is 9.17. The first-order valence-corrected chi connectivity index (χ1v) is 9.17. The molecule has 0 aliphatic rings. The summed E-state index contributed by atoms with van der Waals surface area (Å²) in [4.78, 5) is 35.7. The van der Waals surface area contributed by atoms with Crippen molar-refractivity contribution >= 4 is 23.5 Å². The second kappa shape index (κ2) is 9.69. The van der Waals surface area contributed by atoms with Crippen molar-refractivity contribution in [1.82, 2.24) is 5.32 Å². The molecule has 0 radical (unpaired) electrons. The van der Waals surface area contributed by atoms with E-state index in [4.69, 9.17) is 4.74 Å². The van der Waals surface area contributed by atoms with Crippen LogP contribution in [0.1, 0.15) is 46.8 Å². The highest BCUT2D eigenvalue weighted by molar-refractivity contribution is 5.96. The molecule has 2 rings (SSSR count). The lowest BCUT2D eigenvalue weighted by Gasteiger charge is -2.09. The highest BCUT2D eigenvalue weighted by Gasteiger charge is 2.12. The molecule has 0 atom stereocenters. The van der Waals surface area contributed by atoms with Crippen LogP contribution in [0.5, 0.6) is 0 Å². The van der Waals surface area contributed by atoms with Gasteiger partial charge < -0.3 is 15.4 Å². The zero-order chi connectivity index (χ0) is 20.7. The number of hydrogen-bond donors (Lipinski definition) is 2. The minimum absolute atomic E-state index is 0.303. The number of esters is 1. The van der Waals surface area contributed by atoms with Crippen LogP contribution >= 0.6 is 0 Å². The Morgan fingerprint density at radius 3 is 2.25 bits per heavy atom. The summed E-state index contributed by atoms with van der Waals surface area (Å²) in [5.41, 5.74) is 4.35. The van der Waals surface area contributed by atoms with Crippen LogP contribution in [0.15, 0.2) is 42.5 Å². The van der Waals surface area contributed by atoms with E-state index in [1.807, 2.05) is 32.0 Å². The third-order valence-electron chi connectivity index (χ3n) is 4.39. The third-order valence-corrected chi connectivity index (χ3v) is 4.39. The largest absolute Gasteiger partial charge is 0.454 e. The van der Waals surface area contributed by atoms with Crippen molar-refractivity contribution in [3.8, 4) is 0 Å². The summed E-state index contributed by atoms with van der Waals surface area (Å²) in [6.07, 6.45) is 0. The van der Waals surface area contributed by atoms with Crippen molar-refractivity contribution in [2.75, 3.05) is 18.5 Å². The van der Waals surface area contributed by atoms with Gasteiger partial charge in [-0.25, -0.2) is 0 Å². The van der Waals surface area contributed by atoms with Gasteiger partial charge in [-0.3, -0.25) is 14.4 Å². The highest BCUT2D eigenvalue weighted by atomic mass is 16.5. The van der Waals surface area contributed by atoms with Crippen molar-refractivity contribution in [1.29, 1.82) is 0 Å². The molecule has 0 unspecified atom stereocenters. The maximum absolute atomic E-state index is 12.1. The number of anilines is 1. The van der Waals surface area contributed by atoms with Crippen LogP contribution < -0.4 is 10.6 Å². The molecule has 6 nitrogen and oxygen atoms in total. The summed E-state index contributed by atoms with van der Waals surface area (Å²) in [5, 5.41) is 5.15. The van der Waals surface area contributed by atoms with Crippen molar-refractivity contribution in [3.05, 3.63) is 64.7 Å². The van der Waals surface area contributed by atoms with E-state index in [0.717, 1.165) is 11.1 Å². The normalized spacial score (nSPS) is 10.5. The van der Waals surface area contributed by atoms with E-state index in [1.54, 1.807) is 24.3 Å². The zero-order valence-corrected chi connectivity index (χ0v) is 16.7. The van der Waals surface area contributed by atoms with Crippen LogP contribution in [0.3, 0.4) is 0 Å². The Labute approximate surface area is 165 Å². The first-order chi connectivity index (χ1) is 13.3. The molecule has 0 aliphatic carbocycles. The Morgan fingerprint density at radius 2 is 1.64 bits per heavy atom. The van der Waals surface area contributed by atoms with Crippen molar-refractivity contribution in [3.63, 3.8) is 0 Å². The van der Waals surface area contributed by atoms with Crippen LogP contribution in [0.25, 0.3) is 0 Å². The van der Waals surface area contributed by atoms with E-state index < -0.39 is 18.5 Å². The third kappa shape index (κ3) is 6.23. The number of ether oxygens (including phenoxy) is 1. The summed E-state index contributed by atoms with van der Waals surface area (Å²) in [6, 6.07) is 12.8. The molecule has 2 aromatic rings. The molecule has 0 bridgehead atoms. The second-order valence-electron chi connectivity index (χ2n) is 6.97. The smallest absolute Gasteiger partial charge is 0.325 e. The molecule has 0 aromatic heterocycles. The summed E-state index contributed by atoms with van der Waals surface area (Å²) >= 11 is 0. The minimum atomic E-state index is -0.678. The molecular weight excluding hydrogens is 356 g/mol. The first kappa shape index (κ1) is 21.2. The van der Waals surface area contributed by atoms with Gasteiger partial charge in [0.2, 0.25) is 0 Å². The van der Waals surface area contributed by atoms with Gasteiger partial charge in [-0.15, -0.1) is 0 Å². The Hall–Kier alpha value is -3.15. The lowest BCUT2D eigenvalue weighted by molar-refractivity contribution is -0.146. The fourth-order valence-corrected chi connectivity index (χ4v) is 2.48. The van der Waals surface area contributed by atoms with E-state index in [2.05, 4.69) is 24.5 Å². The molecule has 6 heteroatoms. The standard InChI is InChI=1S/C22H26N2O4/c1-14(2)17-7-9-19(10-8-17)24-20(25)13-28-21(26)12-23-22(27)18-6-5-15(3)16(4)11-18/h5-11,14H,12-13H2,1-4H3,(H,23,27)(H,24,25). The van der Waals surface area contributed by atoms with Gasteiger partial charge in [0.1, 0.15) is 6.54 Å². The Bertz CT molecular complexity index is 857. The van der Waals surface area contributed by atoms with Crippen molar-refractivity contribution < 1.29 is 19.1 Å². The van der Waals surface area contributed by atoms with Gasteiger partial charge in [0, 0.05) is 11.3 Å². The van der Waals surface area contributed by atoms with Gasteiger partial charge in [-0.1, -0.05) is 32.0 Å². The summed E-state index contributed by atoms with van der Waals surface area (Å²) in [6.45, 7) is 7.33. The van der Waals surface area contributed by atoms with Crippen molar-refractivity contribution in [2.45, 2.75) is 33.6 Å². The molecular formula is C22H26N2O4. The number of nitrogens with one attached hydrogen (secondary N) is 2. The monoisotopic (exact) mass is 382 g/mol. The minimum Gasteiger partial charge on any atom is -0.454 e. The predicted molar refractivity (Wildman–Crippen MR) is 108 cm³/mol. The van der Waals surface area contributed by atoms with Crippen LogP contribution in [0.2, 0.25) is 0 Å². The van der Waals surface area contributed by atoms with Crippen LogP contribution in [0, 0.1) is 13.8 Å². The molecule has 0 saturated carbocycles. The number of hydrogen-bond acceptors (Lipinski definition) is 4. The lowest BCUT2D eigenvalue weighted by atomic mass is 10.0. The number of amides is 2. The maximum atomic E-state index is 12.1. The van der Waals surface area contributed by atoms with Crippen molar-refractivity contribution in [2.24, 2.45) is 0 Å². The Balaban J connectivity index is 1.74. The molecule has 0 fully saturated rings. The predicted octanol–water partition coefficient (Wildman–Crippen LogP) is 3.34. The maximum Gasteiger partial charge on any atom is 0.325 e. The van der Waals surface area contributed by atoms with Gasteiger partial charge in [0.05, 0.1) is 0 Å². The topological polar surface area (TPSA) is 84.5 Å². The fraction of sp³-hybridized carbons (Fsp3) is 0.318. The molecule has 0 heterocycles. The number of aryl methyl sites for hydroxylation is 2. The van der Waals surface area contributed by atoms with Gasteiger partial charge in [0.25, 0.3) is 11.8 Å². The Kier molecular flexibility index (Phi) is 7.32. The molecule has 0 saturated heterocycles. The number of carbonyl (C=O) groups is 3. The van der Waals surface area contributed by atoms with Crippen LogP contribution in [-0.2, 0) is 14.3 Å². The molecule has 2 aromatic carbocycles. The number of carbonyl (C=O) groups excluding carboxylic acids is 3. The van der Waals surface area contributed by atoms with E-state index >= 15 is 0 Å². The van der Waals surface area contributed by atoms with Gasteiger partial charge >= 0.3 is 5.97 Å². The lowest BCUT2D eigenvalue weighted by Crippen LogP contribution is -2.32. The van der Waals surface area contributed by atoms with E-state index in [1.165, 1.54) is 5.56 Å². The summed E-state index contributed by atoms with van der Waals surface area (Å²) in [5.74, 6) is -1.08. The molecule has 2 N–H and O–H groups in total. The highest BCUT2D eigenvalue weighted by Crippen LogP contribution is 2.17. The summed E-state index contributed by atoms with van der Waals surface area (Å²) < 4.78 is 4.90. The fourth-order valence-electron chi connectivity index (χ4n) is 2.48. The van der Waals surface area contributed by atoms with Crippen LogP contribution in [0.4, 0.5) is 5.69 Å². The molecule has 0 aliphatic heterocycles. The van der Waals surface area contributed by atoms with Gasteiger partial charge in [-0.05, 0) is 60.7 Å². The summed E-state index contributed by atoms with van der Waals surface area (Å²) in [7, 11) is 0. The molecule has 28 heavy (non-hydrogen) atoms. The molecule has 0 spiro atoms. The van der Waals surface area contributed by atoms with Gasteiger partial charge in [0.15, 0.2) is 6.61 Å². The van der Waals surface area contributed by atoms with Crippen LogP contribution in [-0.4, -0.2) is 30.9 Å². The molecule has 148 valence electrons. The Morgan fingerprint density at radius 1 is 0.964 bits per heavy atom. The SMILES string of the molecule is Cc1ccc(C(=O)NCC(=O)OCC(=O)Nc2ccc(C(C)C)cc2)cc1C. The number of rotatable bonds is 7.